The molecule has 0 atom stereocenters. The van der Waals surface area contributed by atoms with Crippen molar-refractivity contribution < 1.29 is 31.5 Å². The second-order valence-electron chi connectivity index (χ2n) is 5.00. The molecule has 0 aliphatic rings. The Hall–Kier alpha value is -2.64. The Balaban J connectivity index is 2.89. The summed E-state index contributed by atoms with van der Waals surface area (Å²) in [5.41, 5.74) is 2.54. The molecule has 0 unspecified atom stereocenters. The van der Waals surface area contributed by atoms with Gasteiger partial charge in [0.1, 0.15) is 11.6 Å². The lowest BCUT2D eigenvalue weighted by molar-refractivity contribution is -0.137. The summed E-state index contributed by atoms with van der Waals surface area (Å²) in [6, 6.07) is 2.70. The van der Waals surface area contributed by atoms with Crippen molar-refractivity contribution in [1.29, 1.82) is 0 Å². The van der Waals surface area contributed by atoms with Crippen LogP contribution in [-0.2, 0) is 10.9 Å². The first kappa shape index (κ1) is 17.7. The highest BCUT2D eigenvalue weighted by atomic mass is 19.4. The topological polar surface area (TPSA) is 52.3 Å². The van der Waals surface area contributed by atoms with Crippen molar-refractivity contribution in [1.82, 2.24) is 0 Å². The number of methoxy groups -OCH3 is 1. The van der Waals surface area contributed by atoms with E-state index >= 15 is 0 Å². The highest BCUT2D eigenvalue weighted by Gasteiger charge is 2.37. The molecule has 8 heteroatoms. The molecule has 0 radical (unpaired) electrons. The van der Waals surface area contributed by atoms with E-state index in [1.165, 1.54) is 6.92 Å². The van der Waals surface area contributed by atoms with Gasteiger partial charge in [-0.1, -0.05) is 0 Å². The molecule has 0 spiro atoms. The number of esters is 1. The predicted molar refractivity (Wildman–Crippen MR) is 77.3 cm³/mol. The monoisotopic (exact) mass is 345 g/mol. The van der Waals surface area contributed by atoms with Crippen LogP contribution >= 0.6 is 0 Å². The van der Waals surface area contributed by atoms with Crippen LogP contribution in [0.15, 0.2) is 24.3 Å². The second-order valence-corrected chi connectivity index (χ2v) is 5.00. The van der Waals surface area contributed by atoms with Crippen LogP contribution in [0.5, 0.6) is 0 Å². The van der Waals surface area contributed by atoms with E-state index in [4.69, 9.17) is 5.73 Å². The maximum atomic E-state index is 14.0. The third kappa shape index (κ3) is 3.04. The van der Waals surface area contributed by atoms with Gasteiger partial charge in [0.2, 0.25) is 0 Å². The molecule has 128 valence electrons. The maximum Gasteiger partial charge on any atom is 0.417 e. The van der Waals surface area contributed by atoms with Gasteiger partial charge in [0.15, 0.2) is 0 Å². The van der Waals surface area contributed by atoms with Crippen LogP contribution in [0.25, 0.3) is 11.1 Å². The Kier molecular flexibility index (Phi) is 4.50. The molecule has 0 fully saturated rings. The van der Waals surface area contributed by atoms with E-state index in [1.807, 2.05) is 0 Å². The molecule has 2 aromatic rings. The fourth-order valence-electron chi connectivity index (χ4n) is 2.37. The van der Waals surface area contributed by atoms with Gasteiger partial charge in [-0.3, -0.25) is 0 Å². The molecule has 2 aromatic carbocycles. The molecule has 0 aliphatic heterocycles. The number of carbonyl (C=O) groups excluding carboxylic acids is 1. The molecule has 0 amide bonds. The van der Waals surface area contributed by atoms with Crippen molar-refractivity contribution in [3.8, 4) is 11.1 Å². The van der Waals surface area contributed by atoms with Gasteiger partial charge in [-0.05, 0) is 30.7 Å². The molecule has 0 bridgehead atoms. The minimum absolute atomic E-state index is 0.157. The number of anilines is 1. The SMILES string of the molecule is COC(=O)c1cc(C(F)(F)F)c(-c2ccc(F)cc2F)c(C)c1N. The summed E-state index contributed by atoms with van der Waals surface area (Å²) in [7, 11) is 0.998. The minimum Gasteiger partial charge on any atom is -0.465 e. The summed E-state index contributed by atoms with van der Waals surface area (Å²) in [6.45, 7) is 1.22. The summed E-state index contributed by atoms with van der Waals surface area (Å²) in [6.07, 6.45) is -4.89. The smallest absolute Gasteiger partial charge is 0.417 e. The number of nitrogens with two attached hydrogens (primary N) is 1. The van der Waals surface area contributed by atoms with Crippen LogP contribution in [0.4, 0.5) is 27.6 Å². The molecular formula is C16H12F5NO2. The van der Waals surface area contributed by atoms with Gasteiger partial charge in [-0.2, -0.15) is 13.2 Å². The van der Waals surface area contributed by atoms with Gasteiger partial charge in [-0.25, -0.2) is 13.6 Å². The Morgan fingerprint density at radius 1 is 1.17 bits per heavy atom. The Bertz CT molecular complexity index is 815. The average molecular weight is 345 g/mol. The van der Waals surface area contributed by atoms with E-state index in [-0.39, 0.29) is 11.3 Å². The molecular weight excluding hydrogens is 333 g/mol. The summed E-state index contributed by atoms with van der Waals surface area (Å²) >= 11 is 0. The van der Waals surface area contributed by atoms with E-state index in [0.717, 1.165) is 19.2 Å². The second kappa shape index (κ2) is 6.10. The number of nitrogen functional groups attached to an aromatic ring is 1. The summed E-state index contributed by atoms with van der Waals surface area (Å²) in [4.78, 5) is 11.6. The number of hydrogen-bond acceptors (Lipinski definition) is 3. The van der Waals surface area contributed by atoms with E-state index in [0.29, 0.717) is 12.1 Å². The van der Waals surface area contributed by atoms with Crippen molar-refractivity contribution in [2.45, 2.75) is 13.1 Å². The van der Waals surface area contributed by atoms with Gasteiger partial charge >= 0.3 is 12.1 Å². The molecule has 0 aromatic heterocycles. The van der Waals surface area contributed by atoms with Crippen molar-refractivity contribution >= 4 is 11.7 Å². The van der Waals surface area contributed by atoms with E-state index in [1.54, 1.807) is 0 Å². The number of hydrogen-bond donors (Lipinski definition) is 1. The van der Waals surface area contributed by atoms with Crippen LogP contribution in [0.2, 0.25) is 0 Å². The molecule has 0 aliphatic carbocycles. The van der Waals surface area contributed by atoms with Gasteiger partial charge in [0.05, 0.1) is 18.2 Å². The van der Waals surface area contributed by atoms with Crippen LogP contribution in [0.3, 0.4) is 0 Å². The van der Waals surface area contributed by atoms with Crippen LogP contribution in [0.1, 0.15) is 21.5 Å². The molecule has 0 saturated carbocycles. The molecule has 24 heavy (non-hydrogen) atoms. The Morgan fingerprint density at radius 3 is 2.29 bits per heavy atom. The van der Waals surface area contributed by atoms with Crippen LogP contribution in [-0.4, -0.2) is 13.1 Å². The third-order valence-corrected chi connectivity index (χ3v) is 3.54. The molecule has 2 rings (SSSR count). The van der Waals surface area contributed by atoms with Gasteiger partial charge < -0.3 is 10.5 Å². The highest BCUT2D eigenvalue weighted by molar-refractivity contribution is 5.98. The lowest BCUT2D eigenvalue weighted by Crippen LogP contribution is -2.15. The van der Waals surface area contributed by atoms with Gasteiger partial charge in [-0.15, -0.1) is 0 Å². The first-order chi connectivity index (χ1) is 11.1. The zero-order valence-electron chi connectivity index (χ0n) is 12.6. The lowest BCUT2D eigenvalue weighted by Gasteiger charge is -2.20. The Labute approximate surface area is 133 Å². The van der Waals surface area contributed by atoms with Crippen molar-refractivity contribution in [3.63, 3.8) is 0 Å². The van der Waals surface area contributed by atoms with E-state index in [2.05, 4.69) is 4.74 Å². The first-order valence-electron chi connectivity index (χ1n) is 6.62. The fraction of sp³-hybridized carbons (Fsp3) is 0.188. The molecule has 2 N–H and O–H groups in total. The molecule has 0 saturated heterocycles. The number of rotatable bonds is 2. The quantitative estimate of drug-likeness (QED) is 0.501. The van der Waals surface area contributed by atoms with Gasteiger partial charge in [0.25, 0.3) is 0 Å². The normalized spacial score (nSPS) is 11.5. The minimum atomic E-state index is -4.89. The summed E-state index contributed by atoms with van der Waals surface area (Å²) in [5, 5.41) is 0. The van der Waals surface area contributed by atoms with Gasteiger partial charge in [0, 0.05) is 22.9 Å². The molecule has 0 heterocycles. The van der Waals surface area contributed by atoms with E-state index in [9.17, 15) is 26.7 Å². The third-order valence-electron chi connectivity index (χ3n) is 3.54. The Morgan fingerprint density at radius 2 is 1.79 bits per heavy atom. The average Bonchev–Trinajstić information content (AvgIpc) is 2.48. The van der Waals surface area contributed by atoms with Crippen LogP contribution in [0, 0.1) is 18.6 Å². The van der Waals surface area contributed by atoms with E-state index < -0.39 is 46.0 Å². The zero-order chi connectivity index (χ0) is 18.2. The number of halogens is 5. The number of carbonyl (C=O) groups is 1. The van der Waals surface area contributed by atoms with Crippen molar-refractivity contribution in [3.05, 3.63) is 52.6 Å². The standard InChI is InChI=1S/C16H12F5NO2/c1-7-13(9-4-3-8(17)5-12(9)18)11(16(19,20)21)6-10(14(7)22)15(23)24-2/h3-6H,22H2,1-2H3. The first-order valence-corrected chi connectivity index (χ1v) is 6.62. The van der Waals surface area contributed by atoms with Crippen molar-refractivity contribution in [2.75, 3.05) is 12.8 Å². The number of ether oxygens (including phenoxy) is 1. The predicted octanol–water partition coefficient (Wildman–Crippen LogP) is 4.33. The van der Waals surface area contributed by atoms with Crippen molar-refractivity contribution in [2.24, 2.45) is 0 Å². The number of benzene rings is 2. The molecule has 3 nitrogen and oxygen atoms in total. The lowest BCUT2D eigenvalue weighted by atomic mass is 9.90. The fourth-order valence-corrected chi connectivity index (χ4v) is 2.37. The highest BCUT2D eigenvalue weighted by Crippen LogP contribution is 2.43. The van der Waals surface area contributed by atoms with Crippen LogP contribution < -0.4 is 5.73 Å². The summed E-state index contributed by atoms with van der Waals surface area (Å²) in [5.74, 6) is -3.15. The maximum absolute atomic E-state index is 14.0. The zero-order valence-corrected chi connectivity index (χ0v) is 12.6. The largest absolute Gasteiger partial charge is 0.465 e. The summed E-state index contributed by atoms with van der Waals surface area (Å²) < 4.78 is 71.7. The number of alkyl halides is 3.